The molecule has 2 aliphatic heterocycles. The van der Waals surface area contributed by atoms with Crippen LogP contribution in [-0.4, -0.2) is 23.8 Å². The summed E-state index contributed by atoms with van der Waals surface area (Å²) in [7, 11) is 0. The molecule has 25 heavy (non-hydrogen) atoms. The van der Waals surface area contributed by atoms with Gasteiger partial charge in [0.2, 0.25) is 0 Å². The summed E-state index contributed by atoms with van der Waals surface area (Å²) < 4.78 is 20.4. The third kappa shape index (κ3) is 2.82. The van der Waals surface area contributed by atoms with Crippen LogP contribution in [0.3, 0.4) is 0 Å². The highest BCUT2D eigenvalue weighted by Gasteiger charge is 2.39. The Kier molecular flexibility index (Phi) is 4.03. The number of nitrogens with one attached hydrogen (secondary N) is 1. The van der Waals surface area contributed by atoms with Crippen molar-refractivity contribution in [2.75, 3.05) is 11.4 Å². The van der Waals surface area contributed by atoms with E-state index in [1.54, 1.807) is 6.07 Å². The van der Waals surface area contributed by atoms with Crippen LogP contribution < -0.4 is 15.0 Å². The predicted octanol–water partition coefficient (Wildman–Crippen LogP) is 4.67. The zero-order valence-corrected chi connectivity index (χ0v) is 14.8. The van der Waals surface area contributed by atoms with Crippen molar-refractivity contribution in [3.8, 4) is 11.5 Å². The van der Waals surface area contributed by atoms with Crippen molar-refractivity contribution in [1.82, 2.24) is 5.32 Å². The molecular formula is C18H16BrFN2O3. The lowest BCUT2D eigenvalue weighted by molar-refractivity contribution is 0.184. The van der Waals surface area contributed by atoms with Crippen molar-refractivity contribution in [3.63, 3.8) is 0 Å². The maximum Gasteiger partial charge on any atom is 0.404 e. The first-order chi connectivity index (χ1) is 12.0. The molecule has 2 aromatic rings. The Labute approximate surface area is 152 Å². The molecule has 2 heterocycles. The molecule has 2 atom stereocenters. The SMILES string of the molecule is O=C(O)N[C@@H]1CCCN2c3cc(Br)c(F)cc3Oc3ccccc3[C@@H]12. The number of nitrogens with zero attached hydrogens (tertiary/aromatic N) is 1. The van der Waals surface area contributed by atoms with Crippen molar-refractivity contribution < 1.29 is 19.0 Å². The molecular weight excluding hydrogens is 391 g/mol. The lowest BCUT2D eigenvalue weighted by Gasteiger charge is -2.42. The zero-order chi connectivity index (χ0) is 17.6. The highest BCUT2D eigenvalue weighted by atomic mass is 79.9. The summed E-state index contributed by atoms with van der Waals surface area (Å²) in [6, 6.07) is 10.1. The van der Waals surface area contributed by atoms with Gasteiger partial charge in [-0.2, -0.15) is 0 Å². The Balaban J connectivity index is 1.90. The molecule has 2 aromatic carbocycles. The first-order valence-corrected chi connectivity index (χ1v) is 8.86. The van der Waals surface area contributed by atoms with Gasteiger partial charge >= 0.3 is 6.09 Å². The lowest BCUT2D eigenvalue weighted by Crippen LogP contribution is -2.49. The number of rotatable bonds is 1. The molecule has 1 saturated heterocycles. The second-order valence-electron chi connectivity index (χ2n) is 6.21. The molecule has 1 fully saturated rings. The van der Waals surface area contributed by atoms with E-state index in [0.29, 0.717) is 16.0 Å². The highest BCUT2D eigenvalue weighted by Crippen LogP contribution is 2.48. The van der Waals surface area contributed by atoms with Crippen LogP contribution in [0.1, 0.15) is 24.4 Å². The van der Waals surface area contributed by atoms with Crippen LogP contribution in [0, 0.1) is 5.82 Å². The number of carbonyl (C=O) groups is 1. The van der Waals surface area contributed by atoms with E-state index in [4.69, 9.17) is 4.74 Å². The first-order valence-electron chi connectivity index (χ1n) is 8.06. The fourth-order valence-corrected chi connectivity index (χ4v) is 4.05. The summed E-state index contributed by atoms with van der Waals surface area (Å²) in [6.45, 7) is 0.741. The van der Waals surface area contributed by atoms with Crippen molar-refractivity contribution in [3.05, 3.63) is 52.3 Å². The van der Waals surface area contributed by atoms with Crippen molar-refractivity contribution >= 4 is 27.7 Å². The van der Waals surface area contributed by atoms with Crippen LogP contribution in [0.4, 0.5) is 14.9 Å². The summed E-state index contributed by atoms with van der Waals surface area (Å²) in [5, 5.41) is 11.9. The summed E-state index contributed by atoms with van der Waals surface area (Å²) in [6.07, 6.45) is 0.521. The number of hydrogen-bond donors (Lipinski definition) is 2. The van der Waals surface area contributed by atoms with Crippen LogP contribution in [0.2, 0.25) is 0 Å². The van der Waals surface area contributed by atoms with Gasteiger partial charge < -0.3 is 20.1 Å². The van der Waals surface area contributed by atoms with Crippen LogP contribution in [-0.2, 0) is 0 Å². The van der Waals surface area contributed by atoms with Gasteiger partial charge in [-0.25, -0.2) is 9.18 Å². The van der Waals surface area contributed by atoms with E-state index in [-0.39, 0.29) is 12.1 Å². The predicted molar refractivity (Wildman–Crippen MR) is 94.9 cm³/mol. The van der Waals surface area contributed by atoms with Gasteiger partial charge in [-0.15, -0.1) is 0 Å². The van der Waals surface area contributed by atoms with Crippen molar-refractivity contribution in [1.29, 1.82) is 0 Å². The van der Waals surface area contributed by atoms with Gasteiger partial charge in [0.1, 0.15) is 11.6 Å². The first kappa shape index (κ1) is 16.2. The number of hydrogen-bond acceptors (Lipinski definition) is 3. The lowest BCUT2D eigenvalue weighted by atomic mass is 9.89. The number of ether oxygens (including phenoxy) is 1. The quantitative estimate of drug-likeness (QED) is 0.721. The second kappa shape index (κ2) is 6.22. The van der Waals surface area contributed by atoms with Crippen LogP contribution in [0.15, 0.2) is 40.9 Å². The average molecular weight is 407 g/mol. The second-order valence-corrected chi connectivity index (χ2v) is 7.06. The molecule has 4 rings (SSSR count). The Morgan fingerprint density at radius 1 is 1.32 bits per heavy atom. The van der Waals surface area contributed by atoms with E-state index in [1.165, 1.54) is 6.07 Å². The van der Waals surface area contributed by atoms with E-state index in [9.17, 15) is 14.3 Å². The molecule has 5 nitrogen and oxygen atoms in total. The zero-order valence-electron chi connectivity index (χ0n) is 13.2. The summed E-state index contributed by atoms with van der Waals surface area (Å²) in [4.78, 5) is 13.4. The standard InChI is InChI=1S/C18H16BrFN2O3/c19-11-8-14-16(9-12(11)20)25-15-6-2-1-4-10(15)17-13(21-18(23)24)5-3-7-22(14)17/h1-2,4,6,8-9,13,17,21H,3,5,7H2,(H,23,24)/t13-,17+/m1/s1. The monoisotopic (exact) mass is 406 g/mol. The molecule has 2 N–H and O–H groups in total. The van der Waals surface area contributed by atoms with Gasteiger partial charge in [0, 0.05) is 18.2 Å². The number of carboxylic acid groups (broad SMARTS) is 1. The van der Waals surface area contributed by atoms with Crippen LogP contribution >= 0.6 is 15.9 Å². The van der Waals surface area contributed by atoms with Crippen molar-refractivity contribution in [2.45, 2.75) is 24.9 Å². The van der Waals surface area contributed by atoms with Gasteiger partial charge in [-0.1, -0.05) is 18.2 Å². The number of piperidine rings is 1. The van der Waals surface area contributed by atoms with Crippen LogP contribution in [0.5, 0.6) is 11.5 Å². The molecule has 0 unspecified atom stereocenters. The molecule has 0 aliphatic carbocycles. The van der Waals surface area contributed by atoms with Gasteiger partial charge in [0.25, 0.3) is 0 Å². The average Bonchev–Trinajstić information content (AvgIpc) is 2.70. The Morgan fingerprint density at radius 2 is 2.12 bits per heavy atom. The topological polar surface area (TPSA) is 61.8 Å². The number of para-hydroxylation sites is 1. The Bertz CT molecular complexity index is 845. The number of halogens is 2. The summed E-state index contributed by atoms with van der Waals surface area (Å²) in [5.41, 5.74) is 1.65. The van der Waals surface area contributed by atoms with Gasteiger partial charge in [-0.05, 0) is 40.9 Å². The minimum Gasteiger partial charge on any atom is -0.465 e. The minimum atomic E-state index is -1.05. The van der Waals surface area contributed by atoms with E-state index >= 15 is 0 Å². The smallest absolute Gasteiger partial charge is 0.404 e. The molecule has 0 saturated carbocycles. The summed E-state index contributed by atoms with van der Waals surface area (Å²) >= 11 is 3.24. The molecule has 0 radical (unpaired) electrons. The molecule has 2 aliphatic rings. The van der Waals surface area contributed by atoms with E-state index in [2.05, 4.69) is 26.1 Å². The molecule has 0 aromatic heterocycles. The summed E-state index contributed by atoms with van der Waals surface area (Å²) in [5.74, 6) is 0.663. The van der Waals surface area contributed by atoms with Gasteiger partial charge in [0.15, 0.2) is 5.75 Å². The maximum absolute atomic E-state index is 14.1. The van der Waals surface area contributed by atoms with E-state index in [0.717, 1.165) is 30.6 Å². The number of fused-ring (bicyclic) bond motifs is 5. The van der Waals surface area contributed by atoms with Gasteiger partial charge in [-0.3, -0.25) is 0 Å². The Hall–Kier alpha value is -2.28. The molecule has 0 bridgehead atoms. The van der Waals surface area contributed by atoms with Gasteiger partial charge in [0.05, 0.1) is 22.2 Å². The molecule has 0 spiro atoms. The molecule has 7 heteroatoms. The number of benzene rings is 2. The fourth-order valence-electron chi connectivity index (χ4n) is 3.72. The number of anilines is 1. The fraction of sp³-hybridized carbons (Fsp3) is 0.278. The third-order valence-corrected chi connectivity index (χ3v) is 5.32. The third-order valence-electron chi connectivity index (χ3n) is 4.71. The van der Waals surface area contributed by atoms with Crippen LogP contribution in [0.25, 0.3) is 0 Å². The normalized spacial score (nSPS) is 21.3. The Morgan fingerprint density at radius 3 is 2.92 bits per heavy atom. The minimum absolute atomic E-state index is 0.209. The largest absolute Gasteiger partial charge is 0.465 e. The molecule has 130 valence electrons. The van der Waals surface area contributed by atoms with E-state index < -0.39 is 11.9 Å². The highest BCUT2D eigenvalue weighted by molar-refractivity contribution is 9.10. The number of amides is 1. The maximum atomic E-state index is 14.1. The van der Waals surface area contributed by atoms with Crippen molar-refractivity contribution in [2.24, 2.45) is 0 Å². The molecule has 1 amide bonds. The van der Waals surface area contributed by atoms with E-state index in [1.807, 2.05) is 24.3 Å².